The summed E-state index contributed by atoms with van der Waals surface area (Å²) in [6.45, 7) is 6.45. The van der Waals surface area contributed by atoms with Gasteiger partial charge in [0.1, 0.15) is 0 Å². The number of allylic oxidation sites excluding steroid dienone is 2. The summed E-state index contributed by atoms with van der Waals surface area (Å²) in [6.07, 6.45) is 2.21. The van der Waals surface area contributed by atoms with Crippen molar-refractivity contribution in [2.24, 2.45) is 28.6 Å². The number of nitrogens with zero attached hydrogens (tertiary/aromatic N) is 3. The molecule has 6 unspecified atom stereocenters. The van der Waals surface area contributed by atoms with Crippen LogP contribution in [0, 0.1) is 58.9 Å². The second kappa shape index (κ2) is 7.67. The Hall–Kier alpha value is -4.15. The number of carbonyl (C=O) groups is 1. The maximum Gasteiger partial charge on any atom is 0.338 e. The highest BCUT2D eigenvalue weighted by Crippen LogP contribution is 2.85. The number of esters is 1. The van der Waals surface area contributed by atoms with Gasteiger partial charge in [-0.05, 0) is 41.1 Å². The number of ether oxygens (including phenoxy) is 1. The van der Waals surface area contributed by atoms with Crippen LogP contribution in [0.2, 0.25) is 0 Å². The largest absolute Gasteiger partial charge is 0.462 e. The van der Waals surface area contributed by atoms with Crippen LogP contribution in [-0.2, 0) is 4.74 Å². The molecule has 2 fully saturated rings. The van der Waals surface area contributed by atoms with E-state index < -0.39 is 32.1 Å². The zero-order valence-electron chi connectivity index (χ0n) is 19.7. The van der Waals surface area contributed by atoms with Crippen LogP contribution in [-0.4, -0.2) is 27.3 Å². The molecule has 4 aliphatic carbocycles. The lowest BCUT2D eigenvalue weighted by Gasteiger charge is -2.45. The normalized spacial score (nSPS) is 31.4. The standard InChI is InChI=1S/C25H23N3O8/c1-13-11-24(2)19(12-36-23(29)15-8-17(27(32)33)10-18(9-15)28(34)35)21-20(13)25(21,3)22(24)14-4-6-16(7-5-14)26(30)31/h4-11,19-22H,12H2,1-3H3. The van der Waals surface area contributed by atoms with Crippen LogP contribution >= 0.6 is 0 Å². The molecule has 6 rings (SSSR count). The fourth-order valence-corrected chi connectivity index (χ4v) is 7.38. The Labute approximate surface area is 205 Å². The fourth-order valence-electron chi connectivity index (χ4n) is 7.38. The van der Waals surface area contributed by atoms with Crippen molar-refractivity contribution in [1.29, 1.82) is 0 Å². The zero-order chi connectivity index (χ0) is 26.2. The van der Waals surface area contributed by atoms with E-state index in [1.165, 1.54) is 17.7 Å². The summed E-state index contributed by atoms with van der Waals surface area (Å²) in [6, 6.07) is 9.35. The molecule has 2 saturated carbocycles. The Morgan fingerprint density at radius 2 is 1.47 bits per heavy atom. The van der Waals surface area contributed by atoms with E-state index >= 15 is 0 Å². The molecule has 0 heterocycles. The van der Waals surface area contributed by atoms with Crippen LogP contribution < -0.4 is 0 Å². The minimum absolute atomic E-state index is 0.0211. The van der Waals surface area contributed by atoms with E-state index in [1.54, 1.807) is 12.1 Å². The summed E-state index contributed by atoms with van der Waals surface area (Å²) >= 11 is 0. The average molecular weight is 493 g/mol. The fraction of sp³-hybridized carbons (Fsp3) is 0.400. The number of benzene rings is 2. The van der Waals surface area contributed by atoms with Gasteiger partial charge >= 0.3 is 5.97 Å². The predicted octanol–water partition coefficient (Wildman–Crippen LogP) is 5.20. The van der Waals surface area contributed by atoms with Crippen molar-refractivity contribution in [2.75, 3.05) is 6.61 Å². The Bertz CT molecular complexity index is 1340. The van der Waals surface area contributed by atoms with Crippen LogP contribution in [0.5, 0.6) is 0 Å². The molecule has 186 valence electrons. The second-order valence-electron chi connectivity index (χ2n) is 10.4. The lowest BCUT2D eigenvalue weighted by Crippen LogP contribution is -2.39. The van der Waals surface area contributed by atoms with Gasteiger partial charge in [-0.1, -0.05) is 37.6 Å². The number of hydrogen-bond acceptors (Lipinski definition) is 8. The molecule has 0 aromatic heterocycles. The number of non-ortho nitro benzene ring substituents is 3. The Morgan fingerprint density at radius 1 is 0.917 bits per heavy atom. The number of nitro benzene ring substituents is 3. The molecule has 4 bridgehead atoms. The molecular weight excluding hydrogens is 470 g/mol. The molecule has 0 N–H and O–H groups in total. The molecule has 0 saturated heterocycles. The molecule has 0 amide bonds. The van der Waals surface area contributed by atoms with Crippen LogP contribution in [0.3, 0.4) is 0 Å². The van der Waals surface area contributed by atoms with Crippen molar-refractivity contribution in [2.45, 2.75) is 26.7 Å². The number of hydrogen-bond donors (Lipinski definition) is 0. The van der Waals surface area contributed by atoms with Crippen molar-refractivity contribution in [1.82, 2.24) is 0 Å². The first kappa shape index (κ1) is 23.6. The summed E-state index contributed by atoms with van der Waals surface area (Å²) in [5, 5.41) is 33.5. The molecule has 6 atom stereocenters. The lowest BCUT2D eigenvalue weighted by molar-refractivity contribution is -0.394. The lowest BCUT2D eigenvalue weighted by atomic mass is 9.59. The average Bonchev–Trinajstić information content (AvgIpc) is 3.39. The minimum Gasteiger partial charge on any atom is -0.462 e. The third kappa shape index (κ3) is 3.22. The molecule has 36 heavy (non-hydrogen) atoms. The first-order valence-electron chi connectivity index (χ1n) is 11.4. The molecule has 2 aromatic carbocycles. The summed E-state index contributed by atoms with van der Waals surface area (Å²) in [5.41, 5.74) is 0.442. The topological polar surface area (TPSA) is 156 Å². The van der Waals surface area contributed by atoms with Gasteiger partial charge in [0.15, 0.2) is 0 Å². The van der Waals surface area contributed by atoms with Gasteiger partial charge in [0.05, 0.1) is 33.0 Å². The number of nitro groups is 3. The number of carbonyl (C=O) groups excluding carboxylic acids is 1. The van der Waals surface area contributed by atoms with E-state index in [2.05, 4.69) is 26.8 Å². The van der Waals surface area contributed by atoms with Gasteiger partial charge in [-0.25, -0.2) is 4.79 Å². The molecular formula is C25H23N3O8. The van der Waals surface area contributed by atoms with Gasteiger partial charge in [-0.15, -0.1) is 0 Å². The van der Waals surface area contributed by atoms with E-state index in [1.807, 2.05) is 0 Å². The Balaban J connectivity index is 1.42. The molecule has 0 aliphatic heterocycles. The first-order chi connectivity index (χ1) is 16.9. The summed E-state index contributed by atoms with van der Waals surface area (Å²) in [5.74, 6) is -0.314. The van der Waals surface area contributed by atoms with Gasteiger partial charge in [0.2, 0.25) is 0 Å². The van der Waals surface area contributed by atoms with Gasteiger partial charge in [-0.3, -0.25) is 30.3 Å². The summed E-state index contributed by atoms with van der Waals surface area (Å²) in [4.78, 5) is 44.3. The zero-order valence-corrected chi connectivity index (χ0v) is 19.7. The number of rotatable bonds is 7. The highest BCUT2D eigenvalue weighted by molar-refractivity contribution is 5.91. The van der Waals surface area contributed by atoms with Crippen molar-refractivity contribution in [3.05, 3.63) is 95.6 Å². The quantitative estimate of drug-likeness (QED) is 0.220. The van der Waals surface area contributed by atoms with Gasteiger partial charge in [-0.2, -0.15) is 0 Å². The van der Waals surface area contributed by atoms with Gasteiger partial charge in [0.25, 0.3) is 17.1 Å². The van der Waals surface area contributed by atoms with Crippen molar-refractivity contribution in [3.8, 4) is 0 Å². The van der Waals surface area contributed by atoms with E-state index in [-0.39, 0.29) is 46.4 Å². The van der Waals surface area contributed by atoms with Gasteiger partial charge in [0, 0.05) is 30.2 Å². The van der Waals surface area contributed by atoms with E-state index in [0.717, 1.165) is 23.8 Å². The molecule has 0 spiro atoms. The first-order valence-corrected chi connectivity index (χ1v) is 11.4. The van der Waals surface area contributed by atoms with Crippen molar-refractivity contribution in [3.63, 3.8) is 0 Å². The molecule has 0 radical (unpaired) electrons. The third-order valence-corrected chi connectivity index (χ3v) is 8.54. The molecule has 4 aliphatic rings. The SMILES string of the molecule is CC1=CC2(C)C(COC(=O)c3cc([N+](=O)[O-])cc([N+](=O)[O-])c3)C3C1C3(C)C2c1ccc([N+](=O)[O-])cc1. The van der Waals surface area contributed by atoms with Crippen LogP contribution in [0.25, 0.3) is 0 Å². The monoisotopic (exact) mass is 493 g/mol. The maximum atomic E-state index is 12.8. The van der Waals surface area contributed by atoms with Crippen LogP contribution in [0.4, 0.5) is 17.1 Å². The molecule has 2 aromatic rings. The van der Waals surface area contributed by atoms with E-state index in [4.69, 9.17) is 4.74 Å². The third-order valence-electron chi connectivity index (χ3n) is 8.54. The smallest absolute Gasteiger partial charge is 0.338 e. The summed E-state index contributed by atoms with van der Waals surface area (Å²) < 4.78 is 5.61. The Morgan fingerprint density at radius 3 is 2.00 bits per heavy atom. The highest BCUT2D eigenvalue weighted by Gasteiger charge is 2.80. The molecule has 11 nitrogen and oxygen atoms in total. The van der Waals surface area contributed by atoms with Crippen LogP contribution in [0.1, 0.15) is 42.6 Å². The minimum atomic E-state index is -0.858. The second-order valence-corrected chi connectivity index (χ2v) is 10.4. The van der Waals surface area contributed by atoms with E-state index in [0.29, 0.717) is 5.92 Å². The summed E-state index contributed by atoms with van der Waals surface area (Å²) in [7, 11) is 0. The molecule has 11 heteroatoms. The highest BCUT2D eigenvalue weighted by atomic mass is 16.6. The van der Waals surface area contributed by atoms with Crippen molar-refractivity contribution < 1.29 is 24.3 Å². The van der Waals surface area contributed by atoms with Crippen molar-refractivity contribution >= 4 is 23.0 Å². The van der Waals surface area contributed by atoms with Gasteiger partial charge < -0.3 is 4.74 Å². The maximum absolute atomic E-state index is 12.8. The predicted molar refractivity (Wildman–Crippen MR) is 126 cm³/mol. The van der Waals surface area contributed by atoms with Crippen LogP contribution in [0.15, 0.2) is 54.1 Å². The Kier molecular flexibility index (Phi) is 5.03. The van der Waals surface area contributed by atoms with E-state index in [9.17, 15) is 35.1 Å².